The highest BCUT2D eigenvalue weighted by molar-refractivity contribution is 5.78. The SMILES string of the molecule is N#Cc1c(N)n[nH]c1CCCN=C(N)N1CCCCC1. The van der Waals surface area contributed by atoms with Crippen LogP contribution in [0.1, 0.15) is 36.9 Å². The number of H-pyrrole nitrogens is 1. The molecule has 1 aromatic rings. The average Bonchev–Trinajstić information content (AvgIpc) is 2.84. The maximum atomic E-state index is 8.96. The number of nitrogen functional groups attached to an aromatic ring is 1. The standard InChI is InChI=1S/C13H21N7/c14-9-10-11(18-19-12(10)15)5-4-6-17-13(16)20-7-2-1-3-8-20/h1-8H2,(H2,16,17)(H3,15,18,19). The largest absolute Gasteiger partial charge is 0.381 e. The van der Waals surface area contributed by atoms with Crippen LogP contribution in [0.25, 0.3) is 0 Å². The fourth-order valence-electron chi connectivity index (χ4n) is 2.37. The number of hydrogen-bond donors (Lipinski definition) is 3. The van der Waals surface area contributed by atoms with E-state index in [1.807, 2.05) is 0 Å². The molecule has 0 amide bonds. The normalized spacial score (nSPS) is 16.1. The second-order valence-electron chi connectivity index (χ2n) is 4.97. The fourth-order valence-corrected chi connectivity index (χ4v) is 2.37. The number of aromatic nitrogens is 2. The molecule has 0 bridgehead atoms. The van der Waals surface area contributed by atoms with Crippen LogP contribution >= 0.6 is 0 Å². The molecule has 2 heterocycles. The van der Waals surface area contributed by atoms with Crippen molar-refractivity contribution in [2.75, 3.05) is 25.4 Å². The third-order valence-corrected chi connectivity index (χ3v) is 3.52. The Balaban J connectivity index is 1.79. The number of likely N-dealkylation sites (tertiary alicyclic amines) is 1. The van der Waals surface area contributed by atoms with Crippen LogP contribution in [-0.4, -0.2) is 40.7 Å². The zero-order valence-electron chi connectivity index (χ0n) is 11.6. The number of piperidine rings is 1. The van der Waals surface area contributed by atoms with E-state index in [-0.39, 0.29) is 5.82 Å². The van der Waals surface area contributed by atoms with Crippen LogP contribution in [0.2, 0.25) is 0 Å². The minimum absolute atomic E-state index is 0.263. The number of rotatable bonds is 4. The Labute approximate surface area is 118 Å². The summed E-state index contributed by atoms with van der Waals surface area (Å²) < 4.78 is 0. The van der Waals surface area contributed by atoms with Crippen molar-refractivity contribution in [3.05, 3.63) is 11.3 Å². The molecule has 1 saturated heterocycles. The van der Waals surface area contributed by atoms with Crippen molar-refractivity contribution in [2.24, 2.45) is 10.7 Å². The quantitative estimate of drug-likeness (QED) is 0.422. The van der Waals surface area contributed by atoms with Crippen molar-refractivity contribution in [3.8, 4) is 6.07 Å². The van der Waals surface area contributed by atoms with Crippen LogP contribution in [0.5, 0.6) is 0 Å². The summed E-state index contributed by atoms with van der Waals surface area (Å²) in [6.07, 6.45) is 5.17. The van der Waals surface area contributed by atoms with Crippen molar-refractivity contribution < 1.29 is 0 Å². The number of aryl methyl sites for hydroxylation is 1. The number of anilines is 1. The number of nitrogens with two attached hydrogens (primary N) is 2. The monoisotopic (exact) mass is 275 g/mol. The Morgan fingerprint density at radius 3 is 2.85 bits per heavy atom. The van der Waals surface area contributed by atoms with Gasteiger partial charge in [-0.3, -0.25) is 10.1 Å². The van der Waals surface area contributed by atoms with Gasteiger partial charge < -0.3 is 16.4 Å². The van der Waals surface area contributed by atoms with Gasteiger partial charge in [-0.2, -0.15) is 10.4 Å². The molecular weight excluding hydrogens is 254 g/mol. The highest BCUT2D eigenvalue weighted by atomic mass is 15.2. The number of nitriles is 1. The van der Waals surface area contributed by atoms with Gasteiger partial charge in [0.25, 0.3) is 0 Å². The first-order chi connectivity index (χ1) is 9.72. The van der Waals surface area contributed by atoms with Gasteiger partial charge in [-0.15, -0.1) is 0 Å². The van der Waals surface area contributed by atoms with E-state index < -0.39 is 0 Å². The molecular formula is C13H21N7. The molecule has 0 radical (unpaired) electrons. The Kier molecular flexibility index (Phi) is 4.82. The fraction of sp³-hybridized carbons (Fsp3) is 0.615. The van der Waals surface area contributed by atoms with E-state index in [9.17, 15) is 0 Å². The lowest BCUT2D eigenvalue weighted by atomic mass is 10.1. The van der Waals surface area contributed by atoms with E-state index in [1.165, 1.54) is 19.3 Å². The summed E-state index contributed by atoms with van der Waals surface area (Å²) in [4.78, 5) is 6.53. The van der Waals surface area contributed by atoms with E-state index in [2.05, 4.69) is 26.2 Å². The van der Waals surface area contributed by atoms with Gasteiger partial charge >= 0.3 is 0 Å². The first kappa shape index (κ1) is 14.2. The molecule has 0 aliphatic carbocycles. The van der Waals surface area contributed by atoms with Crippen LogP contribution in [0.4, 0.5) is 5.82 Å². The van der Waals surface area contributed by atoms with Gasteiger partial charge in [0.2, 0.25) is 0 Å². The van der Waals surface area contributed by atoms with Gasteiger partial charge in [-0.25, -0.2) is 0 Å². The predicted molar refractivity (Wildman–Crippen MR) is 77.9 cm³/mol. The van der Waals surface area contributed by atoms with Crippen molar-refractivity contribution in [3.63, 3.8) is 0 Å². The van der Waals surface area contributed by atoms with Gasteiger partial charge in [0.1, 0.15) is 11.6 Å². The number of hydrogen-bond acceptors (Lipinski definition) is 4. The lowest BCUT2D eigenvalue weighted by molar-refractivity contribution is 0.338. The molecule has 20 heavy (non-hydrogen) atoms. The molecule has 0 unspecified atom stereocenters. The van der Waals surface area contributed by atoms with Crippen LogP contribution in [0, 0.1) is 11.3 Å². The molecule has 2 rings (SSSR count). The Hall–Kier alpha value is -2.23. The average molecular weight is 275 g/mol. The summed E-state index contributed by atoms with van der Waals surface area (Å²) >= 11 is 0. The molecule has 1 fully saturated rings. The van der Waals surface area contributed by atoms with Gasteiger partial charge in [-0.1, -0.05) is 0 Å². The third-order valence-electron chi connectivity index (χ3n) is 3.52. The zero-order chi connectivity index (χ0) is 14.4. The lowest BCUT2D eigenvalue weighted by Crippen LogP contribution is -2.40. The van der Waals surface area contributed by atoms with Crippen LogP contribution in [-0.2, 0) is 6.42 Å². The lowest BCUT2D eigenvalue weighted by Gasteiger charge is -2.27. The first-order valence-corrected chi connectivity index (χ1v) is 7.00. The van der Waals surface area contributed by atoms with E-state index in [4.69, 9.17) is 16.7 Å². The first-order valence-electron chi connectivity index (χ1n) is 7.00. The molecule has 0 aromatic carbocycles. The Morgan fingerprint density at radius 2 is 2.15 bits per heavy atom. The number of nitrogens with one attached hydrogen (secondary N) is 1. The molecule has 5 N–H and O–H groups in total. The van der Waals surface area contributed by atoms with Crippen LogP contribution in [0.15, 0.2) is 4.99 Å². The minimum Gasteiger partial charge on any atom is -0.381 e. The van der Waals surface area contributed by atoms with Crippen molar-refractivity contribution >= 4 is 11.8 Å². The van der Waals surface area contributed by atoms with E-state index >= 15 is 0 Å². The van der Waals surface area contributed by atoms with E-state index in [1.54, 1.807) is 0 Å². The number of guanidine groups is 1. The number of nitrogens with zero attached hydrogens (tertiary/aromatic N) is 4. The molecule has 7 heteroatoms. The number of aromatic amines is 1. The van der Waals surface area contributed by atoms with Gasteiger partial charge in [0.05, 0.1) is 5.69 Å². The van der Waals surface area contributed by atoms with Crippen LogP contribution in [0.3, 0.4) is 0 Å². The van der Waals surface area contributed by atoms with Crippen LogP contribution < -0.4 is 11.5 Å². The molecule has 1 aliphatic heterocycles. The highest BCUT2D eigenvalue weighted by Gasteiger charge is 2.12. The maximum absolute atomic E-state index is 8.96. The van der Waals surface area contributed by atoms with Crippen molar-refractivity contribution in [1.82, 2.24) is 15.1 Å². The Bertz CT molecular complexity index is 505. The molecule has 108 valence electrons. The molecule has 0 spiro atoms. The molecule has 7 nitrogen and oxygen atoms in total. The smallest absolute Gasteiger partial charge is 0.191 e. The van der Waals surface area contributed by atoms with E-state index in [0.29, 0.717) is 24.5 Å². The second kappa shape index (κ2) is 6.80. The summed E-state index contributed by atoms with van der Waals surface area (Å²) in [5.41, 5.74) is 12.8. The highest BCUT2D eigenvalue weighted by Crippen LogP contribution is 2.13. The van der Waals surface area contributed by atoms with Gasteiger partial charge in [0, 0.05) is 19.6 Å². The molecule has 0 saturated carbocycles. The van der Waals surface area contributed by atoms with Crippen molar-refractivity contribution in [1.29, 1.82) is 5.26 Å². The Morgan fingerprint density at radius 1 is 1.40 bits per heavy atom. The zero-order valence-corrected chi connectivity index (χ0v) is 11.6. The summed E-state index contributed by atoms with van der Waals surface area (Å²) in [6.45, 7) is 2.65. The third kappa shape index (κ3) is 3.41. The summed E-state index contributed by atoms with van der Waals surface area (Å²) in [6, 6.07) is 2.06. The predicted octanol–water partition coefficient (Wildman–Crippen LogP) is 0.597. The van der Waals surface area contributed by atoms with Gasteiger partial charge in [0.15, 0.2) is 11.8 Å². The number of aliphatic imine (C=N–C) groups is 1. The van der Waals surface area contributed by atoms with Gasteiger partial charge in [-0.05, 0) is 32.1 Å². The molecule has 1 aromatic heterocycles. The molecule has 0 atom stereocenters. The second-order valence-corrected chi connectivity index (χ2v) is 4.97. The van der Waals surface area contributed by atoms with E-state index in [0.717, 1.165) is 25.2 Å². The minimum atomic E-state index is 0.263. The maximum Gasteiger partial charge on any atom is 0.191 e. The summed E-state index contributed by atoms with van der Waals surface area (Å²) in [5, 5.41) is 15.6. The summed E-state index contributed by atoms with van der Waals surface area (Å²) in [5.74, 6) is 0.896. The molecule has 1 aliphatic rings. The topological polar surface area (TPSA) is 120 Å². The summed E-state index contributed by atoms with van der Waals surface area (Å²) in [7, 11) is 0. The van der Waals surface area contributed by atoms with Crippen molar-refractivity contribution in [2.45, 2.75) is 32.1 Å².